The minimum absolute atomic E-state index is 0.190. The lowest BCUT2D eigenvalue weighted by Crippen LogP contribution is -2.10. The minimum Gasteiger partial charge on any atom is -0.342 e. The second-order valence-electron chi connectivity index (χ2n) is 5.43. The topological polar surface area (TPSA) is 98.0 Å². The van der Waals surface area contributed by atoms with Gasteiger partial charge < -0.3 is 4.90 Å². The lowest BCUT2D eigenvalue weighted by Gasteiger charge is -2.18. The molecule has 2 aromatic heterocycles. The highest BCUT2D eigenvalue weighted by molar-refractivity contribution is 8.13. The van der Waals surface area contributed by atoms with Crippen molar-refractivity contribution in [3.05, 3.63) is 42.6 Å². The van der Waals surface area contributed by atoms with Crippen molar-refractivity contribution < 1.29 is 13.2 Å². The molecule has 10 heteroatoms. The van der Waals surface area contributed by atoms with Gasteiger partial charge in [0.2, 0.25) is 0 Å². The molecule has 0 amide bonds. The SMILES string of the molecule is CC(=O)c1nn(CS(=O)(=O)Cl)c2ccc(N(C)c3cncnc3)cc12. The first-order valence-corrected chi connectivity index (χ1v) is 9.66. The van der Waals surface area contributed by atoms with Crippen LogP contribution >= 0.6 is 10.7 Å². The van der Waals surface area contributed by atoms with Gasteiger partial charge in [-0.05, 0) is 18.2 Å². The van der Waals surface area contributed by atoms with E-state index in [4.69, 9.17) is 10.7 Å². The van der Waals surface area contributed by atoms with Crippen LogP contribution in [0.3, 0.4) is 0 Å². The Bertz CT molecular complexity index is 1050. The Hall–Kier alpha value is -2.52. The summed E-state index contributed by atoms with van der Waals surface area (Å²) >= 11 is 0. The van der Waals surface area contributed by atoms with Gasteiger partial charge in [-0.15, -0.1) is 0 Å². The van der Waals surface area contributed by atoms with Gasteiger partial charge in [0.05, 0.1) is 23.6 Å². The van der Waals surface area contributed by atoms with Gasteiger partial charge in [0.1, 0.15) is 12.0 Å². The number of ketones is 1. The molecular weight excluding hydrogens is 366 g/mol. The van der Waals surface area contributed by atoms with E-state index in [1.807, 2.05) is 11.9 Å². The third-order valence-electron chi connectivity index (χ3n) is 3.67. The number of hydrogen-bond donors (Lipinski definition) is 0. The first-order chi connectivity index (χ1) is 11.8. The van der Waals surface area contributed by atoms with Crippen molar-refractivity contribution in [3.63, 3.8) is 0 Å². The Labute approximate surface area is 148 Å². The average molecular weight is 380 g/mol. The van der Waals surface area contributed by atoms with Crippen LogP contribution in [0.2, 0.25) is 0 Å². The van der Waals surface area contributed by atoms with Crippen LogP contribution in [-0.2, 0) is 14.9 Å². The Morgan fingerprint density at radius 3 is 2.52 bits per heavy atom. The van der Waals surface area contributed by atoms with Gasteiger partial charge in [0, 0.05) is 35.7 Å². The number of fused-ring (bicyclic) bond motifs is 1. The average Bonchev–Trinajstić information content (AvgIpc) is 2.91. The van der Waals surface area contributed by atoms with Crippen LogP contribution in [0.5, 0.6) is 0 Å². The van der Waals surface area contributed by atoms with E-state index in [1.165, 1.54) is 17.9 Å². The zero-order valence-corrected chi connectivity index (χ0v) is 15.0. The molecule has 0 saturated carbocycles. The molecule has 0 aliphatic carbocycles. The van der Waals surface area contributed by atoms with Crippen LogP contribution in [-0.4, -0.2) is 41.0 Å². The Balaban J connectivity index is 2.13. The highest BCUT2D eigenvalue weighted by Crippen LogP contribution is 2.29. The van der Waals surface area contributed by atoms with Crippen LogP contribution in [0.25, 0.3) is 10.9 Å². The van der Waals surface area contributed by atoms with Crippen LogP contribution in [0.4, 0.5) is 11.4 Å². The highest BCUT2D eigenvalue weighted by atomic mass is 35.7. The van der Waals surface area contributed by atoms with Crippen molar-refractivity contribution in [2.75, 3.05) is 11.9 Å². The minimum atomic E-state index is -3.82. The lowest BCUT2D eigenvalue weighted by molar-refractivity contribution is 0.101. The maximum absolute atomic E-state index is 11.9. The summed E-state index contributed by atoms with van der Waals surface area (Å²) in [6, 6.07) is 5.26. The van der Waals surface area contributed by atoms with E-state index in [9.17, 15) is 13.2 Å². The number of aromatic nitrogens is 4. The van der Waals surface area contributed by atoms with E-state index in [2.05, 4.69) is 15.1 Å². The molecule has 0 aliphatic heterocycles. The number of benzene rings is 1. The van der Waals surface area contributed by atoms with Crippen LogP contribution in [0, 0.1) is 0 Å². The Kier molecular flexibility index (Phi) is 4.44. The van der Waals surface area contributed by atoms with Crippen molar-refractivity contribution in [2.45, 2.75) is 12.8 Å². The normalized spacial score (nSPS) is 11.6. The maximum Gasteiger partial charge on any atom is 0.252 e. The number of carbonyl (C=O) groups is 1. The second kappa shape index (κ2) is 6.41. The number of hydrogen-bond acceptors (Lipinski definition) is 7. The number of carbonyl (C=O) groups excluding carboxylic acids is 1. The van der Waals surface area contributed by atoms with E-state index < -0.39 is 14.9 Å². The molecule has 0 bridgehead atoms. The summed E-state index contributed by atoms with van der Waals surface area (Å²) in [6.45, 7) is 1.38. The predicted molar refractivity (Wildman–Crippen MR) is 94.6 cm³/mol. The van der Waals surface area contributed by atoms with Crippen LogP contribution in [0.1, 0.15) is 17.4 Å². The summed E-state index contributed by atoms with van der Waals surface area (Å²) in [5.74, 6) is -0.779. The summed E-state index contributed by atoms with van der Waals surface area (Å²) in [7, 11) is 3.34. The van der Waals surface area contributed by atoms with Gasteiger partial charge in [0.25, 0.3) is 9.05 Å². The van der Waals surface area contributed by atoms with Crippen molar-refractivity contribution in [1.29, 1.82) is 0 Å². The number of nitrogens with zero attached hydrogens (tertiary/aromatic N) is 5. The van der Waals surface area contributed by atoms with Gasteiger partial charge in [-0.25, -0.2) is 23.1 Å². The van der Waals surface area contributed by atoms with Gasteiger partial charge in [-0.2, -0.15) is 5.10 Å². The molecule has 8 nitrogen and oxygen atoms in total. The van der Waals surface area contributed by atoms with E-state index in [0.29, 0.717) is 10.9 Å². The molecule has 25 heavy (non-hydrogen) atoms. The molecule has 0 radical (unpaired) electrons. The Morgan fingerprint density at radius 2 is 1.92 bits per heavy atom. The molecule has 0 fully saturated rings. The largest absolute Gasteiger partial charge is 0.342 e. The molecule has 0 N–H and O–H groups in total. The fourth-order valence-corrected chi connectivity index (χ4v) is 3.26. The third kappa shape index (κ3) is 3.62. The summed E-state index contributed by atoms with van der Waals surface area (Å²) in [5, 5.41) is 4.66. The number of rotatable bonds is 5. The zero-order chi connectivity index (χ0) is 18.2. The molecule has 0 atom stereocenters. The fraction of sp³-hybridized carbons (Fsp3) is 0.200. The predicted octanol–water partition coefficient (Wildman–Crippen LogP) is 2.32. The molecule has 130 valence electrons. The molecule has 2 heterocycles. The molecule has 0 aliphatic rings. The summed E-state index contributed by atoms with van der Waals surface area (Å²) in [4.78, 5) is 21.7. The molecule has 0 spiro atoms. The monoisotopic (exact) mass is 379 g/mol. The lowest BCUT2D eigenvalue weighted by atomic mass is 10.1. The van der Waals surface area contributed by atoms with Crippen molar-refractivity contribution in [2.24, 2.45) is 0 Å². The summed E-state index contributed by atoms with van der Waals surface area (Å²) in [5.41, 5.74) is 2.24. The van der Waals surface area contributed by atoms with Crippen molar-refractivity contribution >= 4 is 47.8 Å². The van der Waals surface area contributed by atoms with Gasteiger partial charge in [-0.3, -0.25) is 4.79 Å². The number of Topliss-reactive ketones (excluding diaryl/α,β-unsaturated/α-hetero) is 1. The molecule has 1 aromatic carbocycles. The van der Waals surface area contributed by atoms with Gasteiger partial charge in [0.15, 0.2) is 11.7 Å². The summed E-state index contributed by atoms with van der Waals surface area (Å²) < 4.78 is 24.0. The molecule has 0 saturated heterocycles. The number of anilines is 2. The zero-order valence-electron chi connectivity index (χ0n) is 13.4. The van der Waals surface area contributed by atoms with Crippen LogP contribution < -0.4 is 4.90 Å². The van der Waals surface area contributed by atoms with Crippen molar-refractivity contribution in [3.8, 4) is 0 Å². The first-order valence-electron chi connectivity index (χ1n) is 7.19. The molecule has 0 unspecified atom stereocenters. The summed E-state index contributed by atoms with van der Waals surface area (Å²) in [6.07, 6.45) is 4.75. The highest BCUT2D eigenvalue weighted by Gasteiger charge is 2.18. The molecule has 3 rings (SSSR count). The third-order valence-corrected chi connectivity index (χ3v) is 4.51. The van der Waals surface area contributed by atoms with Gasteiger partial charge in [-0.1, -0.05) is 0 Å². The van der Waals surface area contributed by atoms with E-state index in [1.54, 1.807) is 30.6 Å². The smallest absolute Gasteiger partial charge is 0.252 e. The standard InChI is InChI=1S/C15H14ClN5O3S/c1-10(22)15-13-5-11(20(2)12-6-17-8-18-7-12)3-4-14(13)21(19-15)9-25(16,23)24/h3-8H,9H2,1-2H3. The second-order valence-corrected chi connectivity index (χ2v) is 8.18. The van der Waals surface area contributed by atoms with Gasteiger partial charge >= 0.3 is 0 Å². The van der Waals surface area contributed by atoms with Crippen molar-refractivity contribution in [1.82, 2.24) is 19.7 Å². The quantitative estimate of drug-likeness (QED) is 0.495. The fourth-order valence-electron chi connectivity index (χ4n) is 2.49. The Morgan fingerprint density at radius 1 is 1.24 bits per heavy atom. The molecular formula is C15H14ClN5O3S. The first kappa shape index (κ1) is 17.3. The maximum atomic E-state index is 11.9. The van der Waals surface area contributed by atoms with Crippen LogP contribution in [0.15, 0.2) is 36.9 Å². The molecule has 3 aromatic rings. The number of halogens is 1. The van der Waals surface area contributed by atoms with E-state index in [-0.39, 0.29) is 11.5 Å². The van der Waals surface area contributed by atoms with E-state index in [0.717, 1.165) is 11.4 Å². The van der Waals surface area contributed by atoms with E-state index >= 15 is 0 Å².